The lowest BCUT2D eigenvalue weighted by atomic mass is 10.1. The molecule has 1 N–H and O–H groups in total. The fourth-order valence-electron chi connectivity index (χ4n) is 2.69. The summed E-state index contributed by atoms with van der Waals surface area (Å²) in [6.45, 7) is 2.18. The molecule has 0 aliphatic carbocycles. The van der Waals surface area contributed by atoms with Crippen LogP contribution >= 0.6 is 0 Å². The van der Waals surface area contributed by atoms with Gasteiger partial charge in [0.25, 0.3) is 0 Å². The molecule has 1 aliphatic heterocycles. The maximum Gasteiger partial charge on any atom is 0.307 e. The van der Waals surface area contributed by atoms with Gasteiger partial charge < -0.3 is 9.84 Å². The zero-order valence-corrected chi connectivity index (χ0v) is 12.2. The Morgan fingerprint density at radius 1 is 1.32 bits per heavy atom. The van der Waals surface area contributed by atoms with Crippen LogP contribution in [0.3, 0.4) is 0 Å². The van der Waals surface area contributed by atoms with E-state index in [1.54, 1.807) is 12.4 Å². The SMILES string of the molecule is O=C(O)C1CCN(Cc2cccc(Oc3cccnc3)c2)C1. The molecule has 1 saturated heterocycles. The van der Waals surface area contributed by atoms with E-state index < -0.39 is 5.97 Å². The lowest BCUT2D eigenvalue weighted by Crippen LogP contribution is -2.22. The Balaban J connectivity index is 1.63. The Kier molecular flexibility index (Phi) is 4.34. The van der Waals surface area contributed by atoms with Gasteiger partial charge in [-0.25, -0.2) is 0 Å². The molecule has 1 unspecified atom stereocenters. The Morgan fingerprint density at radius 3 is 2.91 bits per heavy atom. The van der Waals surface area contributed by atoms with Crippen LogP contribution in [0.25, 0.3) is 0 Å². The normalized spacial score (nSPS) is 18.3. The molecule has 22 heavy (non-hydrogen) atoms. The van der Waals surface area contributed by atoms with E-state index >= 15 is 0 Å². The van der Waals surface area contributed by atoms with Crippen LogP contribution in [-0.2, 0) is 11.3 Å². The third kappa shape index (κ3) is 3.62. The summed E-state index contributed by atoms with van der Waals surface area (Å²) < 4.78 is 5.77. The summed E-state index contributed by atoms with van der Waals surface area (Å²) in [5.74, 6) is 0.525. The van der Waals surface area contributed by atoms with Crippen molar-refractivity contribution in [2.45, 2.75) is 13.0 Å². The van der Waals surface area contributed by atoms with E-state index in [0.717, 1.165) is 30.8 Å². The molecule has 3 rings (SSSR count). The second kappa shape index (κ2) is 6.58. The van der Waals surface area contributed by atoms with E-state index in [1.807, 2.05) is 36.4 Å². The summed E-state index contributed by atoms with van der Waals surface area (Å²) in [5, 5.41) is 9.05. The molecule has 0 amide bonds. The number of carbonyl (C=O) groups is 1. The fourth-order valence-corrected chi connectivity index (χ4v) is 2.69. The maximum absolute atomic E-state index is 11.0. The second-order valence-electron chi connectivity index (χ2n) is 5.50. The van der Waals surface area contributed by atoms with Crippen molar-refractivity contribution in [1.29, 1.82) is 0 Å². The first-order chi connectivity index (χ1) is 10.7. The smallest absolute Gasteiger partial charge is 0.307 e. The van der Waals surface area contributed by atoms with E-state index in [1.165, 1.54) is 0 Å². The number of aromatic nitrogens is 1. The summed E-state index contributed by atoms with van der Waals surface area (Å²) in [5.41, 5.74) is 1.12. The first-order valence-corrected chi connectivity index (χ1v) is 7.33. The highest BCUT2D eigenvalue weighted by Crippen LogP contribution is 2.23. The fraction of sp³-hybridized carbons (Fsp3) is 0.294. The Hall–Kier alpha value is -2.40. The van der Waals surface area contributed by atoms with Gasteiger partial charge in [0, 0.05) is 19.3 Å². The lowest BCUT2D eigenvalue weighted by molar-refractivity contribution is -0.141. The molecule has 0 spiro atoms. The van der Waals surface area contributed by atoms with E-state index in [-0.39, 0.29) is 5.92 Å². The topological polar surface area (TPSA) is 62.7 Å². The third-order valence-electron chi connectivity index (χ3n) is 3.80. The Labute approximate surface area is 129 Å². The van der Waals surface area contributed by atoms with Crippen LogP contribution in [0.2, 0.25) is 0 Å². The molecule has 1 atom stereocenters. The highest BCUT2D eigenvalue weighted by molar-refractivity contribution is 5.70. The molecule has 5 heteroatoms. The molecule has 1 aromatic heterocycles. The van der Waals surface area contributed by atoms with Crippen molar-refractivity contribution < 1.29 is 14.6 Å². The van der Waals surface area contributed by atoms with Gasteiger partial charge in [-0.2, -0.15) is 0 Å². The lowest BCUT2D eigenvalue weighted by Gasteiger charge is -2.15. The quantitative estimate of drug-likeness (QED) is 0.919. The molecule has 1 aromatic carbocycles. The van der Waals surface area contributed by atoms with Crippen LogP contribution in [0, 0.1) is 5.92 Å². The number of aliphatic carboxylic acids is 1. The molecular formula is C17H18N2O3. The average Bonchev–Trinajstić information content (AvgIpc) is 2.97. The van der Waals surface area contributed by atoms with Gasteiger partial charge in [-0.05, 0) is 42.8 Å². The van der Waals surface area contributed by atoms with Gasteiger partial charge in [0.2, 0.25) is 0 Å². The predicted octanol–water partition coefficient (Wildman–Crippen LogP) is 2.78. The molecule has 2 heterocycles. The van der Waals surface area contributed by atoms with Crippen molar-refractivity contribution >= 4 is 5.97 Å². The second-order valence-corrected chi connectivity index (χ2v) is 5.50. The molecule has 0 radical (unpaired) electrons. The number of carboxylic acid groups (broad SMARTS) is 1. The van der Waals surface area contributed by atoms with Crippen LogP contribution in [0.4, 0.5) is 0 Å². The minimum absolute atomic E-state index is 0.241. The largest absolute Gasteiger partial charge is 0.481 e. The van der Waals surface area contributed by atoms with Crippen LogP contribution < -0.4 is 4.74 Å². The van der Waals surface area contributed by atoms with Gasteiger partial charge in [0.05, 0.1) is 12.1 Å². The number of hydrogen-bond acceptors (Lipinski definition) is 4. The van der Waals surface area contributed by atoms with Crippen LogP contribution in [0.1, 0.15) is 12.0 Å². The molecule has 0 saturated carbocycles. The summed E-state index contributed by atoms with van der Waals surface area (Å²) in [7, 11) is 0. The highest BCUT2D eigenvalue weighted by Gasteiger charge is 2.27. The van der Waals surface area contributed by atoms with Crippen molar-refractivity contribution in [3.8, 4) is 11.5 Å². The average molecular weight is 298 g/mol. The van der Waals surface area contributed by atoms with Gasteiger partial charge >= 0.3 is 5.97 Å². The minimum Gasteiger partial charge on any atom is -0.481 e. The van der Waals surface area contributed by atoms with Gasteiger partial charge in [0.15, 0.2) is 0 Å². The Morgan fingerprint density at radius 2 is 2.18 bits per heavy atom. The van der Waals surface area contributed by atoms with Crippen molar-refractivity contribution in [3.63, 3.8) is 0 Å². The summed E-state index contributed by atoms with van der Waals surface area (Å²) in [6, 6.07) is 11.6. The number of pyridine rings is 1. The van der Waals surface area contributed by atoms with Crippen LogP contribution in [0.5, 0.6) is 11.5 Å². The summed E-state index contributed by atoms with van der Waals surface area (Å²) in [6.07, 6.45) is 4.10. The van der Waals surface area contributed by atoms with Crippen molar-refractivity contribution in [3.05, 3.63) is 54.4 Å². The van der Waals surface area contributed by atoms with Crippen molar-refractivity contribution in [1.82, 2.24) is 9.88 Å². The predicted molar refractivity (Wildman–Crippen MR) is 81.8 cm³/mol. The van der Waals surface area contributed by atoms with Crippen LogP contribution in [0.15, 0.2) is 48.8 Å². The molecular weight excluding hydrogens is 280 g/mol. The van der Waals surface area contributed by atoms with Gasteiger partial charge in [0.1, 0.15) is 11.5 Å². The number of nitrogens with zero attached hydrogens (tertiary/aromatic N) is 2. The number of benzene rings is 1. The van der Waals surface area contributed by atoms with Crippen molar-refractivity contribution in [2.75, 3.05) is 13.1 Å². The highest BCUT2D eigenvalue weighted by atomic mass is 16.5. The number of likely N-dealkylation sites (tertiary alicyclic amines) is 1. The van der Waals surface area contributed by atoms with E-state index in [9.17, 15) is 4.79 Å². The number of ether oxygens (including phenoxy) is 1. The maximum atomic E-state index is 11.0. The number of rotatable bonds is 5. The van der Waals surface area contributed by atoms with Gasteiger partial charge in [-0.1, -0.05) is 12.1 Å². The molecule has 0 bridgehead atoms. The van der Waals surface area contributed by atoms with Crippen molar-refractivity contribution in [2.24, 2.45) is 5.92 Å². The zero-order chi connectivity index (χ0) is 15.4. The standard InChI is InChI=1S/C17H18N2O3/c20-17(21)14-6-8-19(12-14)11-13-3-1-4-15(9-13)22-16-5-2-7-18-10-16/h1-5,7,9-10,14H,6,8,11-12H2,(H,20,21). The van der Waals surface area contributed by atoms with E-state index in [4.69, 9.17) is 9.84 Å². The van der Waals surface area contributed by atoms with Crippen LogP contribution in [-0.4, -0.2) is 34.0 Å². The molecule has 5 nitrogen and oxygen atoms in total. The zero-order valence-electron chi connectivity index (χ0n) is 12.2. The summed E-state index contributed by atoms with van der Waals surface area (Å²) >= 11 is 0. The molecule has 2 aromatic rings. The first kappa shape index (κ1) is 14.5. The molecule has 114 valence electrons. The van der Waals surface area contributed by atoms with E-state index in [2.05, 4.69) is 9.88 Å². The number of hydrogen-bond donors (Lipinski definition) is 1. The van der Waals surface area contributed by atoms with E-state index in [0.29, 0.717) is 12.3 Å². The first-order valence-electron chi connectivity index (χ1n) is 7.33. The van der Waals surface area contributed by atoms with Gasteiger partial charge in [-0.3, -0.25) is 14.7 Å². The molecule has 1 fully saturated rings. The number of carboxylic acids is 1. The molecule has 1 aliphatic rings. The van der Waals surface area contributed by atoms with Gasteiger partial charge in [-0.15, -0.1) is 0 Å². The minimum atomic E-state index is -0.698. The monoisotopic (exact) mass is 298 g/mol. The summed E-state index contributed by atoms with van der Waals surface area (Å²) in [4.78, 5) is 17.2. The Bertz CT molecular complexity index is 645. The third-order valence-corrected chi connectivity index (χ3v) is 3.80.